The number of Topliss-reactive ketones (excluding diaryl/α,β-unsaturated/α-hetero) is 1. The number of carbonyl (C=O) groups is 1. The highest BCUT2D eigenvalue weighted by atomic mass is 79.9. The Morgan fingerprint density at radius 1 is 1.16 bits per heavy atom. The number of carbonyl (C=O) groups excluding carboxylic acids is 1. The number of hydrogen-bond donors (Lipinski definition) is 1. The summed E-state index contributed by atoms with van der Waals surface area (Å²) in [5.41, 5.74) is 1.99. The van der Waals surface area contributed by atoms with Crippen LogP contribution in [0.2, 0.25) is 0 Å². The number of ether oxygens (including phenoxy) is 2. The molecule has 0 saturated heterocycles. The fourth-order valence-corrected chi connectivity index (χ4v) is 4.20. The largest absolute Gasteiger partial charge is 0.507 e. The summed E-state index contributed by atoms with van der Waals surface area (Å²) in [6, 6.07) is 8.71. The molecule has 1 heterocycles. The van der Waals surface area contributed by atoms with Gasteiger partial charge in [-0.3, -0.25) is 4.79 Å². The topological polar surface area (TPSA) is 55.8 Å². The molecule has 2 aromatic rings. The summed E-state index contributed by atoms with van der Waals surface area (Å²) in [4.78, 5) is 11.9. The molecule has 2 aromatic carbocycles. The van der Waals surface area contributed by atoms with Crippen LogP contribution in [0.3, 0.4) is 0 Å². The Morgan fingerprint density at radius 2 is 1.88 bits per heavy atom. The van der Waals surface area contributed by atoms with Gasteiger partial charge in [0.05, 0.1) is 15.2 Å². The van der Waals surface area contributed by atoms with Crippen LogP contribution in [-0.4, -0.2) is 28.9 Å². The van der Waals surface area contributed by atoms with Crippen molar-refractivity contribution in [2.75, 3.05) is 13.2 Å². The van der Waals surface area contributed by atoms with Crippen molar-refractivity contribution in [2.24, 2.45) is 0 Å². The average molecular weight is 535 g/mol. The third kappa shape index (κ3) is 3.88. The lowest BCUT2D eigenvalue weighted by Crippen LogP contribution is -2.22. The van der Waals surface area contributed by atoms with Gasteiger partial charge < -0.3 is 14.6 Å². The van der Waals surface area contributed by atoms with Crippen LogP contribution >= 0.6 is 47.8 Å². The minimum Gasteiger partial charge on any atom is -0.507 e. The minimum atomic E-state index is -0.593. The van der Waals surface area contributed by atoms with Gasteiger partial charge in [0.2, 0.25) is 0 Å². The van der Waals surface area contributed by atoms with E-state index in [0.29, 0.717) is 24.7 Å². The zero-order valence-corrected chi connectivity index (χ0v) is 18.0. The molecule has 0 spiro atoms. The standard InChI is InChI=1S/C18H15Br3O4/c1-9-2-3-13(22)11(6-9)17(23)16(21)15(20)12-7-10(19)8-14-18(12)25-5-4-24-14/h2-3,6-8,15-16,22H,4-5H2,1H3/t15-,16-/m1/s1. The zero-order valence-electron chi connectivity index (χ0n) is 13.3. The number of phenolic OH excluding ortho intramolecular Hbond substituents is 1. The molecule has 1 N–H and O–H groups in total. The van der Waals surface area contributed by atoms with Crippen molar-refractivity contribution in [1.82, 2.24) is 0 Å². The van der Waals surface area contributed by atoms with E-state index in [0.717, 1.165) is 15.6 Å². The second kappa shape index (κ2) is 7.68. The van der Waals surface area contributed by atoms with Gasteiger partial charge in [-0.05, 0) is 31.2 Å². The van der Waals surface area contributed by atoms with Crippen LogP contribution < -0.4 is 9.47 Å². The Balaban J connectivity index is 1.95. The number of fused-ring (bicyclic) bond motifs is 1. The van der Waals surface area contributed by atoms with Crippen molar-refractivity contribution in [2.45, 2.75) is 16.6 Å². The van der Waals surface area contributed by atoms with Gasteiger partial charge in [-0.25, -0.2) is 0 Å². The number of halogens is 3. The summed E-state index contributed by atoms with van der Waals surface area (Å²) in [5, 5.41) is 10.0. The van der Waals surface area contributed by atoms with Gasteiger partial charge in [0.1, 0.15) is 19.0 Å². The number of hydrogen-bond acceptors (Lipinski definition) is 4. The molecule has 0 fully saturated rings. The summed E-state index contributed by atoms with van der Waals surface area (Å²) >= 11 is 10.5. The lowest BCUT2D eigenvalue weighted by Gasteiger charge is -2.25. The van der Waals surface area contributed by atoms with Crippen LogP contribution in [0.15, 0.2) is 34.8 Å². The van der Waals surface area contributed by atoms with Gasteiger partial charge in [-0.1, -0.05) is 59.4 Å². The third-order valence-electron chi connectivity index (χ3n) is 3.86. The van der Waals surface area contributed by atoms with E-state index in [1.165, 1.54) is 6.07 Å². The van der Waals surface area contributed by atoms with Crippen LogP contribution in [0.4, 0.5) is 0 Å². The van der Waals surface area contributed by atoms with E-state index in [2.05, 4.69) is 47.8 Å². The Bertz CT molecular complexity index is 822. The van der Waals surface area contributed by atoms with E-state index in [1.54, 1.807) is 12.1 Å². The molecule has 0 bridgehead atoms. The fraction of sp³-hybridized carbons (Fsp3) is 0.278. The van der Waals surface area contributed by atoms with Crippen LogP contribution in [0.1, 0.15) is 26.3 Å². The molecular formula is C18H15Br3O4. The SMILES string of the molecule is Cc1ccc(O)c(C(=O)[C@H](Br)[C@H](Br)c2cc(Br)cc3c2OCCO3)c1. The van der Waals surface area contributed by atoms with Crippen molar-refractivity contribution in [3.05, 3.63) is 51.5 Å². The molecule has 25 heavy (non-hydrogen) atoms. The van der Waals surface area contributed by atoms with E-state index >= 15 is 0 Å². The van der Waals surface area contributed by atoms with Gasteiger partial charge in [-0.2, -0.15) is 0 Å². The maximum Gasteiger partial charge on any atom is 0.181 e. The van der Waals surface area contributed by atoms with Gasteiger partial charge >= 0.3 is 0 Å². The van der Waals surface area contributed by atoms with Crippen molar-refractivity contribution in [3.63, 3.8) is 0 Å². The molecule has 1 aliphatic rings. The highest BCUT2D eigenvalue weighted by Gasteiger charge is 2.32. The lowest BCUT2D eigenvalue weighted by molar-refractivity contribution is 0.0987. The fourth-order valence-electron chi connectivity index (χ4n) is 2.64. The first-order valence-electron chi connectivity index (χ1n) is 7.59. The van der Waals surface area contributed by atoms with Gasteiger partial charge in [0.15, 0.2) is 17.3 Å². The molecule has 7 heteroatoms. The van der Waals surface area contributed by atoms with Gasteiger partial charge in [0.25, 0.3) is 0 Å². The smallest absolute Gasteiger partial charge is 0.181 e. The van der Waals surface area contributed by atoms with E-state index < -0.39 is 4.83 Å². The predicted octanol–water partition coefficient (Wildman–Crippen LogP) is 5.32. The molecule has 0 radical (unpaired) electrons. The molecular weight excluding hydrogens is 520 g/mol. The van der Waals surface area contributed by atoms with Crippen LogP contribution in [0, 0.1) is 6.92 Å². The summed E-state index contributed by atoms with van der Waals surface area (Å²) in [5.74, 6) is 1.02. The Kier molecular flexibility index (Phi) is 5.75. The number of benzene rings is 2. The normalized spacial score (nSPS) is 15.5. The number of aryl methyl sites for hydroxylation is 1. The number of alkyl halides is 2. The number of rotatable bonds is 4. The highest BCUT2D eigenvalue weighted by Crippen LogP contribution is 2.45. The summed E-state index contributed by atoms with van der Waals surface area (Å²) in [6.45, 7) is 2.82. The van der Waals surface area contributed by atoms with Gasteiger partial charge in [-0.15, -0.1) is 0 Å². The van der Waals surface area contributed by atoms with E-state index in [-0.39, 0.29) is 21.9 Å². The first-order chi connectivity index (χ1) is 11.9. The summed E-state index contributed by atoms with van der Waals surface area (Å²) in [6.07, 6.45) is 0. The van der Waals surface area contributed by atoms with Gasteiger partial charge in [0, 0.05) is 10.0 Å². The highest BCUT2D eigenvalue weighted by molar-refractivity contribution is 9.12. The van der Waals surface area contributed by atoms with E-state index in [4.69, 9.17) is 9.47 Å². The Morgan fingerprint density at radius 3 is 2.64 bits per heavy atom. The maximum atomic E-state index is 12.9. The average Bonchev–Trinajstić information content (AvgIpc) is 2.61. The lowest BCUT2D eigenvalue weighted by atomic mass is 9.99. The Labute approximate surface area is 170 Å². The Hall–Kier alpha value is -1.05. The van der Waals surface area contributed by atoms with Crippen molar-refractivity contribution < 1.29 is 19.4 Å². The molecule has 0 aliphatic carbocycles. The summed E-state index contributed by atoms with van der Waals surface area (Å²) in [7, 11) is 0. The second-order valence-corrected chi connectivity index (χ2v) is 8.60. The maximum absolute atomic E-state index is 12.9. The van der Waals surface area contributed by atoms with E-state index in [9.17, 15) is 9.90 Å². The molecule has 3 rings (SSSR count). The molecule has 2 atom stereocenters. The number of phenols is 1. The quantitative estimate of drug-likeness (QED) is 0.426. The first kappa shape index (κ1) is 18.7. The van der Waals surface area contributed by atoms with Crippen molar-refractivity contribution in [3.8, 4) is 17.2 Å². The van der Waals surface area contributed by atoms with Crippen LogP contribution in [0.5, 0.6) is 17.2 Å². The third-order valence-corrected chi connectivity index (χ3v) is 6.99. The molecule has 1 aliphatic heterocycles. The zero-order chi connectivity index (χ0) is 18.1. The molecule has 0 saturated carbocycles. The van der Waals surface area contributed by atoms with Crippen molar-refractivity contribution >= 4 is 53.6 Å². The molecule has 0 unspecified atom stereocenters. The number of ketones is 1. The van der Waals surface area contributed by atoms with Crippen molar-refractivity contribution in [1.29, 1.82) is 0 Å². The second-order valence-electron chi connectivity index (χ2n) is 5.71. The number of aromatic hydroxyl groups is 1. The predicted molar refractivity (Wildman–Crippen MR) is 107 cm³/mol. The van der Waals surface area contributed by atoms with Crippen LogP contribution in [0.25, 0.3) is 0 Å². The summed E-state index contributed by atoms with van der Waals surface area (Å²) < 4.78 is 12.2. The van der Waals surface area contributed by atoms with E-state index in [1.807, 2.05) is 19.1 Å². The molecule has 0 aromatic heterocycles. The minimum absolute atomic E-state index is 0.0318. The monoisotopic (exact) mass is 532 g/mol. The molecule has 0 amide bonds. The molecule has 4 nitrogen and oxygen atoms in total. The first-order valence-corrected chi connectivity index (χ1v) is 10.2. The molecule has 132 valence electrons. The van der Waals surface area contributed by atoms with Crippen LogP contribution in [-0.2, 0) is 0 Å².